The van der Waals surface area contributed by atoms with Crippen LogP contribution in [0.25, 0.3) is 11.2 Å². The standard InChI is InChI=1S/C9H14N5O4P.C6H12O2/c1-6(18-5-19(15,16)17)2-14-4-13-7-8(10)11-3-12-9(7)14;1-2-3-4-5-6(7)8/h3-4,6H,2,5H2,1H3,(H2,10,11,12)(H2,15,16,17);2-5H2,1H3,(H,7,8)/t6-;/m1./s1. The van der Waals surface area contributed by atoms with E-state index in [1.807, 2.05) is 0 Å². The maximum atomic E-state index is 10.7. The maximum absolute atomic E-state index is 10.7. The Hall–Kier alpha value is -2.07. The van der Waals surface area contributed by atoms with Crippen LogP contribution >= 0.6 is 7.60 Å². The lowest BCUT2D eigenvalue weighted by atomic mass is 10.2. The number of unbranched alkanes of at least 4 members (excludes halogenated alkanes) is 2. The molecule has 12 heteroatoms. The predicted octanol–water partition coefficient (Wildman–Crippen LogP) is 1.60. The van der Waals surface area contributed by atoms with E-state index >= 15 is 0 Å². The van der Waals surface area contributed by atoms with Crippen molar-refractivity contribution in [1.29, 1.82) is 0 Å². The van der Waals surface area contributed by atoms with E-state index in [4.69, 9.17) is 25.4 Å². The van der Waals surface area contributed by atoms with Crippen molar-refractivity contribution >= 4 is 30.5 Å². The summed E-state index contributed by atoms with van der Waals surface area (Å²) in [4.78, 5) is 39.3. The van der Waals surface area contributed by atoms with Crippen LogP contribution in [0.3, 0.4) is 0 Å². The average molecular weight is 403 g/mol. The summed E-state index contributed by atoms with van der Waals surface area (Å²) in [6, 6.07) is 0. The lowest BCUT2D eigenvalue weighted by Crippen LogP contribution is -2.17. The summed E-state index contributed by atoms with van der Waals surface area (Å²) in [5.41, 5.74) is 6.70. The Morgan fingerprint density at radius 3 is 2.63 bits per heavy atom. The Kier molecular flexibility index (Phi) is 9.30. The zero-order valence-electron chi connectivity index (χ0n) is 15.4. The summed E-state index contributed by atoms with van der Waals surface area (Å²) in [7, 11) is -4.16. The summed E-state index contributed by atoms with van der Waals surface area (Å²) in [6.07, 6.45) is 5.13. The molecule has 27 heavy (non-hydrogen) atoms. The molecule has 2 aromatic rings. The second-order valence-electron chi connectivity index (χ2n) is 5.95. The fourth-order valence-corrected chi connectivity index (χ4v) is 2.56. The number of aromatic nitrogens is 4. The molecule has 0 spiro atoms. The number of imidazole rings is 1. The summed E-state index contributed by atoms with van der Waals surface area (Å²) >= 11 is 0. The molecular formula is C15H26N5O6P. The van der Waals surface area contributed by atoms with E-state index in [2.05, 4.69) is 21.9 Å². The Morgan fingerprint density at radius 2 is 2.04 bits per heavy atom. The van der Waals surface area contributed by atoms with Crippen molar-refractivity contribution in [3.8, 4) is 0 Å². The first kappa shape index (κ1) is 23.0. The van der Waals surface area contributed by atoms with Crippen LogP contribution in [0, 0.1) is 0 Å². The molecule has 0 amide bonds. The van der Waals surface area contributed by atoms with Crippen molar-refractivity contribution in [1.82, 2.24) is 19.5 Å². The van der Waals surface area contributed by atoms with Crippen molar-refractivity contribution in [2.75, 3.05) is 12.1 Å². The molecule has 2 heterocycles. The van der Waals surface area contributed by atoms with Crippen LogP contribution in [0.1, 0.15) is 39.5 Å². The van der Waals surface area contributed by atoms with Gasteiger partial charge in [-0.3, -0.25) is 9.36 Å². The van der Waals surface area contributed by atoms with Gasteiger partial charge in [-0.1, -0.05) is 19.8 Å². The fourth-order valence-electron chi connectivity index (χ4n) is 2.11. The number of anilines is 1. The first-order valence-electron chi connectivity index (χ1n) is 8.43. The molecule has 5 N–H and O–H groups in total. The lowest BCUT2D eigenvalue weighted by Gasteiger charge is -2.14. The van der Waals surface area contributed by atoms with Crippen molar-refractivity contribution in [3.63, 3.8) is 0 Å². The number of nitrogens with zero attached hydrogens (tertiary/aromatic N) is 4. The molecule has 0 unspecified atom stereocenters. The van der Waals surface area contributed by atoms with Crippen molar-refractivity contribution in [2.24, 2.45) is 0 Å². The zero-order chi connectivity index (χ0) is 20.4. The Balaban J connectivity index is 0.000000387. The number of hydrogen-bond donors (Lipinski definition) is 4. The molecule has 2 rings (SSSR count). The van der Waals surface area contributed by atoms with Gasteiger partial charge in [-0.15, -0.1) is 0 Å². The fraction of sp³-hybridized carbons (Fsp3) is 0.600. The van der Waals surface area contributed by atoms with Crippen LogP contribution in [0.2, 0.25) is 0 Å². The van der Waals surface area contributed by atoms with Gasteiger partial charge in [-0.2, -0.15) is 0 Å². The second kappa shape index (κ2) is 10.9. The number of aliphatic carboxylic acids is 1. The minimum atomic E-state index is -4.16. The third kappa shape index (κ3) is 8.91. The lowest BCUT2D eigenvalue weighted by molar-refractivity contribution is -0.137. The highest BCUT2D eigenvalue weighted by Gasteiger charge is 2.16. The number of carboxylic acid groups (broad SMARTS) is 1. The summed E-state index contributed by atoms with van der Waals surface area (Å²) in [6.45, 7) is 4.11. The molecule has 0 aliphatic heterocycles. The number of carbonyl (C=O) groups is 1. The number of hydrogen-bond acceptors (Lipinski definition) is 7. The quantitative estimate of drug-likeness (QED) is 0.355. The molecule has 11 nitrogen and oxygen atoms in total. The van der Waals surface area contributed by atoms with Crippen molar-refractivity contribution in [3.05, 3.63) is 12.7 Å². The molecule has 152 valence electrons. The average Bonchev–Trinajstić information content (AvgIpc) is 2.97. The van der Waals surface area contributed by atoms with E-state index in [-0.39, 0.29) is 5.82 Å². The minimum absolute atomic E-state index is 0.285. The van der Waals surface area contributed by atoms with E-state index in [9.17, 15) is 9.36 Å². The van der Waals surface area contributed by atoms with Gasteiger partial charge < -0.3 is 29.9 Å². The van der Waals surface area contributed by atoms with Crippen LogP contribution in [0.5, 0.6) is 0 Å². The third-order valence-corrected chi connectivity index (χ3v) is 3.89. The second-order valence-corrected chi connectivity index (χ2v) is 7.54. The summed E-state index contributed by atoms with van der Waals surface area (Å²) < 4.78 is 17.5. The number of nitrogen functional groups attached to an aromatic ring is 1. The Morgan fingerprint density at radius 1 is 1.33 bits per heavy atom. The molecule has 0 saturated carbocycles. The van der Waals surface area contributed by atoms with E-state index in [0.29, 0.717) is 24.1 Å². The van der Waals surface area contributed by atoms with Gasteiger partial charge in [-0.25, -0.2) is 15.0 Å². The van der Waals surface area contributed by atoms with Crippen LogP contribution in [-0.2, 0) is 20.6 Å². The first-order valence-corrected chi connectivity index (χ1v) is 10.2. The third-order valence-electron chi connectivity index (χ3n) is 3.40. The number of rotatable bonds is 9. The van der Waals surface area contributed by atoms with E-state index < -0.39 is 26.0 Å². The Labute approximate surface area is 156 Å². The highest BCUT2D eigenvalue weighted by molar-refractivity contribution is 7.51. The van der Waals surface area contributed by atoms with E-state index in [0.717, 1.165) is 19.3 Å². The molecule has 0 saturated heterocycles. The zero-order valence-corrected chi connectivity index (χ0v) is 16.2. The Bertz CT molecular complexity index is 777. The van der Waals surface area contributed by atoms with Crippen LogP contribution in [0.4, 0.5) is 5.82 Å². The topological polar surface area (TPSA) is 174 Å². The monoisotopic (exact) mass is 403 g/mol. The largest absolute Gasteiger partial charge is 0.481 e. The van der Waals surface area contributed by atoms with Crippen LogP contribution in [-0.4, -0.2) is 52.8 Å². The number of ether oxygens (including phenoxy) is 1. The van der Waals surface area contributed by atoms with E-state index in [1.165, 1.54) is 12.7 Å². The molecule has 0 aliphatic carbocycles. The molecule has 1 atom stereocenters. The highest BCUT2D eigenvalue weighted by atomic mass is 31.2. The molecular weight excluding hydrogens is 377 g/mol. The SMILES string of the molecule is CCCCCC(=O)O.C[C@H](Cn1cnc2c(N)ncnc21)OCP(=O)(O)O. The maximum Gasteiger partial charge on any atom is 0.350 e. The van der Waals surface area contributed by atoms with Gasteiger partial charge in [0.1, 0.15) is 18.2 Å². The number of carboxylic acids is 1. The van der Waals surface area contributed by atoms with Gasteiger partial charge in [0.05, 0.1) is 19.0 Å². The van der Waals surface area contributed by atoms with Gasteiger partial charge >= 0.3 is 13.6 Å². The van der Waals surface area contributed by atoms with Gasteiger partial charge in [0.2, 0.25) is 0 Å². The van der Waals surface area contributed by atoms with Crippen molar-refractivity contribution < 1.29 is 29.0 Å². The van der Waals surface area contributed by atoms with Gasteiger partial charge in [0.15, 0.2) is 11.5 Å². The van der Waals surface area contributed by atoms with Gasteiger partial charge in [0, 0.05) is 6.42 Å². The molecule has 2 aromatic heterocycles. The van der Waals surface area contributed by atoms with Gasteiger partial charge in [0.25, 0.3) is 0 Å². The van der Waals surface area contributed by atoms with Crippen LogP contribution < -0.4 is 5.73 Å². The predicted molar refractivity (Wildman–Crippen MR) is 99.0 cm³/mol. The van der Waals surface area contributed by atoms with Crippen LogP contribution in [0.15, 0.2) is 12.7 Å². The van der Waals surface area contributed by atoms with Crippen molar-refractivity contribution in [2.45, 2.75) is 52.2 Å². The molecule has 0 aliphatic rings. The summed E-state index contributed by atoms with van der Waals surface area (Å²) in [5.74, 6) is -0.397. The van der Waals surface area contributed by atoms with Gasteiger partial charge in [-0.05, 0) is 13.3 Å². The number of fused-ring (bicyclic) bond motifs is 1. The normalized spacial score (nSPS) is 12.4. The molecule has 0 radical (unpaired) electrons. The highest BCUT2D eigenvalue weighted by Crippen LogP contribution is 2.34. The minimum Gasteiger partial charge on any atom is -0.481 e. The smallest absolute Gasteiger partial charge is 0.350 e. The van der Waals surface area contributed by atoms with E-state index in [1.54, 1.807) is 11.5 Å². The molecule has 0 aromatic carbocycles. The summed E-state index contributed by atoms with van der Waals surface area (Å²) in [5, 5.41) is 8.14. The molecule has 0 bridgehead atoms. The number of nitrogens with two attached hydrogens (primary N) is 1. The molecule has 0 fully saturated rings. The first-order chi connectivity index (χ1) is 12.6.